The molecule has 0 saturated carbocycles. The van der Waals surface area contributed by atoms with Crippen molar-refractivity contribution in [2.45, 2.75) is 25.8 Å². The van der Waals surface area contributed by atoms with Crippen LogP contribution in [0, 0.1) is 6.92 Å². The Labute approximate surface area is 132 Å². The first-order valence-electron chi connectivity index (χ1n) is 7.04. The largest absolute Gasteiger partial charge is 0.366 e. The van der Waals surface area contributed by atoms with Gasteiger partial charge in [-0.2, -0.15) is 0 Å². The Morgan fingerprint density at radius 1 is 1.41 bits per heavy atom. The first-order chi connectivity index (χ1) is 10.6. The molecule has 2 amide bonds. The fourth-order valence-corrected chi connectivity index (χ4v) is 3.67. The number of pyridine rings is 1. The van der Waals surface area contributed by atoms with Crippen molar-refractivity contribution in [3.63, 3.8) is 0 Å². The second-order valence-electron chi connectivity index (χ2n) is 5.27. The molecular weight excluding hydrogens is 300 g/mol. The molecule has 0 spiro atoms. The minimum Gasteiger partial charge on any atom is -0.366 e. The van der Waals surface area contributed by atoms with Gasteiger partial charge in [0, 0.05) is 30.0 Å². The van der Waals surface area contributed by atoms with Crippen LogP contribution < -0.4 is 5.73 Å². The molecule has 114 valence electrons. The molecule has 0 bridgehead atoms. The zero-order valence-electron chi connectivity index (χ0n) is 12.2. The van der Waals surface area contributed by atoms with Gasteiger partial charge in [-0.25, -0.2) is 4.98 Å². The molecule has 1 aliphatic rings. The lowest BCUT2D eigenvalue weighted by molar-refractivity contribution is 0.0730. The summed E-state index contributed by atoms with van der Waals surface area (Å²) in [7, 11) is 0. The smallest absolute Gasteiger partial charge is 0.256 e. The number of aromatic nitrogens is 2. The molecule has 7 heteroatoms. The second-order valence-corrected chi connectivity index (χ2v) is 6.16. The zero-order chi connectivity index (χ0) is 15.7. The van der Waals surface area contributed by atoms with Crippen molar-refractivity contribution in [2.24, 2.45) is 5.73 Å². The van der Waals surface area contributed by atoms with Gasteiger partial charge < -0.3 is 10.6 Å². The van der Waals surface area contributed by atoms with Crippen molar-refractivity contribution in [1.29, 1.82) is 0 Å². The van der Waals surface area contributed by atoms with Gasteiger partial charge in [-0.1, -0.05) is 0 Å². The summed E-state index contributed by atoms with van der Waals surface area (Å²) in [6.45, 7) is 2.59. The predicted molar refractivity (Wildman–Crippen MR) is 82.6 cm³/mol. The minimum atomic E-state index is -0.619. The van der Waals surface area contributed by atoms with E-state index in [1.54, 1.807) is 16.2 Å². The van der Waals surface area contributed by atoms with Crippen LogP contribution in [0.4, 0.5) is 0 Å². The van der Waals surface area contributed by atoms with Crippen LogP contribution in [0.1, 0.15) is 50.3 Å². The first-order valence-corrected chi connectivity index (χ1v) is 7.92. The third-order valence-electron chi connectivity index (χ3n) is 3.75. The van der Waals surface area contributed by atoms with Crippen LogP contribution in [0.15, 0.2) is 23.8 Å². The Bertz CT molecular complexity index is 728. The average molecular weight is 316 g/mol. The minimum absolute atomic E-state index is 0.0351. The lowest BCUT2D eigenvalue weighted by Gasteiger charge is -2.23. The summed E-state index contributed by atoms with van der Waals surface area (Å²) in [5, 5.41) is 2.92. The molecule has 3 heterocycles. The molecule has 0 radical (unpaired) electrons. The molecule has 2 aromatic heterocycles. The third-order valence-corrected chi connectivity index (χ3v) is 4.82. The van der Waals surface area contributed by atoms with E-state index >= 15 is 0 Å². The van der Waals surface area contributed by atoms with Crippen LogP contribution in [0.2, 0.25) is 0 Å². The van der Waals surface area contributed by atoms with Crippen molar-refractivity contribution >= 4 is 23.2 Å². The Morgan fingerprint density at radius 2 is 2.23 bits per heavy atom. The summed E-state index contributed by atoms with van der Waals surface area (Å²) in [6.07, 6.45) is 4.67. The van der Waals surface area contributed by atoms with Crippen molar-refractivity contribution in [3.05, 3.63) is 45.7 Å². The van der Waals surface area contributed by atoms with Gasteiger partial charge in [0.25, 0.3) is 5.91 Å². The number of aryl methyl sites for hydroxylation is 1. The van der Waals surface area contributed by atoms with Gasteiger partial charge in [0.1, 0.15) is 5.01 Å². The van der Waals surface area contributed by atoms with E-state index in [1.165, 1.54) is 18.5 Å². The molecular formula is C15H16N4O2S. The first kappa shape index (κ1) is 14.6. The summed E-state index contributed by atoms with van der Waals surface area (Å²) < 4.78 is 0. The number of carbonyl (C=O) groups excluding carboxylic acids is 2. The average Bonchev–Trinajstić information content (AvgIpc) is 3.14. The number of nitrogens with two attached hydrogens (primary N) is 1. The molecule has 2 N–H and O–H groups in total. The number of carbonyl (C=O) groups is 2. The monoisotopic (exact) mass is 316 g/mol. The lowest BCUT2D eigenvalue weighted by Crippen LogP contribution is -2.32. The van der Waals surface area contributed by atoms with Gasteiger partial charge in [0.2, 0.25) is 5.91 Å². The summed E-state index contributed by atoms with van der Waals surface area (Å²) in [5.74, 6) is -0.830. The third kappa shape index (κ3) is 2.59. The van der Waals surface area contributed by atoms with Gasteiger partial charge in [-0.15, -0.1) is 11.3 Å². The molecule has 1 saturated heterocycles. The van der Waals surface area contributed by atoms with E-state index in [-0.39, 0.29) is 23.1 Å². The van der Waals surface area contributed by atoms with E-state index < -0.39 is 5.91 Å². The van der Waals surface area contributed by atoms with Crippen LogP contribution in [-0.2, 0) is 0 Å². The predicted octanol–water partition coefficient (Wildman–Crippen LogP) is 1.92. The Morgan fingerprint density at radius 3 is 2.91 bits per heavy atom. The van der Waals surface area contributed by atoms with E-state index in [0.717, 1.165) is 23.5 Å². The number of amides is 2. The van der Waals surface area contributed by atoms with Gasteiger partial charge >= 0.3 is 0 Å². The van der Waals surface area contributed by atoms with E-state index in [4.69, 9.17) is 5.73 Å². The fraction of sp³-hybridized carbons (Fsp3) is 0.333. The van der Waals surface area contributed by atoms with Gasteiger partial charge in [0.15, 0.2) is 0 Å². The van der Waals surface area contributed by atoms with Crippen molar-refractivity contribution in [3.8, 4) is 0 Å². The highest BCUT2D eigenvalue weighted by molar-refractivity contribution is 7.09. The van der Waals surface area contributed by atoms with Crippen LogP contribution in [-0.4, -0.2) is 33.2 Å². The molecule has 2 aromatic rings. The summed E-state index contributed by atoms with van der Waals surface area (Å²) in [4.78, 5) is 34.5. The van der Waals surface area contributed by atoms with Gasteiger partial charge in [-0.3, -0.25) is 14.6 Å². The molecule has 6 nitrogen and oxygen atoms in total. The molecule has 1 aliphatic heterocycles. The molecule has 1 fully saturated rings. The zero-order valence-corrected chi connectivity index (χ0v) is 13.0. The summed E-state index contributed by atoms with van der Waals surface area (Å²) in [6, 6.07) is 1.45. The van der Waals surface area contributed by atoms with Crippen molar-refractivity contribution in [2.75, 3.05) is 6.54 Å². The number of rotatable bonds is 3. The van der Waals surface area contributed by atoms with Crippen molar-refractivity contribution < 1.29 is 9.59 Å². The number of thiazole rings is 1. The van der Waals surface area contributed by atoms with E-state index in [2.05, 4.69) is 9.97 Å². The molecule has 0 aromatic carbocycles. The molecule has 22 heavy (non-hydrogen) atoms. The number of nitrogens with zero attached hydrogens (tertiary/aromatic N) is 3. The van der Waals surface area contributed by atoms with Crippen molar-refractivity contribution in [1.82, 2.24) is 14.9 Å². The topological polar surface area (TPSA) is 89.2 Å². The maximum Gasteiger partial charge on any atom is 0.256 e. The maximum atomic E-state index is 12.8. The highest BCUT2D eigenvalue weighted by Gasteiger charge is 2.33. The van der Waals surface area contributed by atoms with E-state index in [0.29, 0.717) is 6.54 Å². The van der Waals surface area contributed by atoms with Crippen LogP contribution in [0.5, 0.6) is 0 Å². The van der Waals surface area contributed by atoms with E-state index in [1.807, 2.05) is 12.3 Å². The highest BCUT2D eigenvalue weighted by Crippen LogP contribution is 2.34. The molecule has 0 aliphatic carbocycles. The standard InChI is InChI=1S/C15H16N4O2S/c1-9-8-22-14(18-9)12-3-2-6-19(12)15(21)11-7-17-5-4-10(11)13(16)20/h4-5,7-8,12H,2-3,6H2,1H3,(H2,16,20)/t12-/m1/s1. The number of hydrogen-bond acceptors (Lipinski definition) is 5. The lowest BCUT2D eigenvalue weighted by atomic mass is 10.1. The quantitative estimate of drug-likeness (QED) is 0.937. The van der Waals surface area contributed by atoms with Crippen LogP contribution in [0.3, 0.4) is 0 Å². The Kier molecular flexibility index (Phi) is 3.89. The normalized spacial score (nSPS) is 17.7. The number of hydrogen-bond donors (Lipinski definition) is 1. The summed E-state index contributed by atoms with van der Waals surface area (Å²) >= 11 is 1.56. The molecule has 0 unspecified atom stereocenters. The van der Waals surface area contributed by atoms with Gasteiger partial charge in [-0.05, 0) is 25.8 Å². The van der Waals surface area contributed by atoms with Gasteiger partial charge in [0.05, 0.1) is 17.2 Å². The SMILES string of the molecule is Cc1csc([C@H]2CCCN2C(=O)c2cnccc2C(N)=O)n1. The number of primary amides is 1. The highest BCUT2D eigenvalue weighted by atomic mass is 32.1. The fourth-order valence-electron chi connectivity index (χ4n) is 2.73. The second kappa shape index (κ2) is 5.84. The summed E-state index contributed by atoms with van der Waals surface area (Å²) in [5.41, 5.74) is 6.78. The number of likely N-dealkylation sites (tertiary alicyclic amines) is 1. The molecule has 3 rings (SSSR count). The Balaban J connectivity index is 1.93. The Hall–Kier alpha value is -2.28. The van der Waals surface area contributed by atoms with Crippen LogP contribution in [0.25, 0.3) is 0 Å². The maximum absolute atomic E-state index is 12.8. The van der Waals surface area contributed by atoms with E-state index in [9.17, 15) is 9.59 Å². The molecule has 1 atom stereocenters. The van der Waals surface area contributed by atoms with Crippen LogP contribution >= 0.6 is 11.3 Å².